The third-order valence-electron chi connectivity index (χ3n) is 3.11. The molecule has 0 bridgehead atoms. The molecule has 25 heavy (non-hydrogen) atoms. The van der Waals surface area contributed by atoms with Crippen LogP contribution in [0, 0.1) is 0 Å². The Morgan fingerprint density at radius 1 is 1.40 bits per heavy atom. The van der Waals surface area contributed by atoms with Crippen LogP contribution in [0.25, 0.3) is 0 Å². The van der Waals surface area contributed by atoms with Gasteiger partial charge in [-0.25, -0.2) is 4.98 Å². The molecule has 0 aliphatic heterocycles. The molecule has 1 aromatic heterocycles. The van der Waals surface area contributed by atoms with Crippen molar-refractivity contribution in [2.45, 2.75) is 19.1 Å². The highest BCUT2D eigenvalue weighted by Crippen LogP contribution is 2.35. The molecule has 134 valence electrons. The zero-order valence-corrected chi connectivity index (χ0v) is 15.2. The van der Waals surface area contributed by atoms with Crippen molar-refractivity contribution in [2.75, 3.05) is 6.61 Å². The summed E-state index contributed by atoms with van der Waals surface area (Å²) in [6.07, 6.45) is -3.07. The van der Waals surface area contributed by atoms with Crippen LogP contribution in [-0.2, 0) is 6.18 Å². The maximum absolute atomic E-state index is 12.9. The van der Waals surface area contributed by atoms with E-state index in [1.54, 1.807) is 6.92 Å². The van der Waals surface area contributed by atoms with Gasteiger partial charge in [-0.3, -0.25) is 4.79 Å². The van der Waals surface area contributed by atoms with E-state index in [0.717, 1.165) is 6.07 Å². The van der Waals surface area contributed by atoms with Crippen LogP contribution in [0.1, 0.15) is 22.8 Å². The SMILES string of the molecule is C[C@@H](COc1ccccc1C(F)(F)F)NC(=O)c1cc(Br)cnc1Cl. The molecule has 2 aromatic rings. The van der Waals surface area contributed by atoms with E-state index in [1.807, 2.05) is 0 Å². The van der Waals surface area contributed by atoms with E-state index >= 15 is 0 Å². The lowest BCUT2D eigenvalue weighted by molar-refractivity contribution is -0.139. The van der Waals surface area contributed by atoms with Crippen LogP contribution in [0.2, 0.25) is 5.15 Å². The third-order valence-corrected chi connectivity index (χ3v) is 3.84. The van der Waals surface area contributed by atoms with Gasteiger partial charge in [-0.1, -0.05) is 23.7 Å². The van der Waals surface area contributed by atoms with Crippen LogP contribution in [-0.4, -0.2) is 23.5 Å². The van der Waals surface area contributed by atoms with E-state index < -0.39 is 23.7 Å². The molecule has 1 atom stereocenters. The number of rotatable bonds is 5. The van der Waals surface area contributed by atoms with Crippen molar-refractivity contribution < 1.29 is 22.7 Å². The third kappa shape index (κ3) is 5.34. The second-order valence-corrected chi connectivity index (χ2v) is 6.45. The number of pyridine rings is 1. The maximum Gasteiger partial charge on any atom is 0.419 e. The fourth-order valence-corrected chi connectivity index (χ4v) is 2.49. The molecule has 0 aliphatic carbocycles. The Morgan fingerprint density at radius 3 is 2.76 bits per heavy atom. The number of carbonyl (C=O) groups excluding carboxylic acids is 1. The number of ether oxygens (including phenoxy) is 1. The van der Waals surface area contributed by atoms with Crippen LogP contribution in [0.15, 0.2) is 41.0 Å². The summed E-state index contributed by atoms with van der Waals surface area (Å²) in [5.41, 5.74) is -0.716. The summed E-state index contributed by atoms with van der Waals surface area (Å²) in [4.78, 5) is 16.0. The number of carbonyl (C=O) groups is 1. The van der Waals surface area contributed by atoms with E-state index in [1.165, 1.54) is 30.5 Å². The first-order chi connectivity index (χ1) is 11.7. The van der Waals surface area contributed by atoms with Gasteiger partial charge >= 0.3 is 6.18 Å². The fourth-order valence-electron chi connectivity index (χ4n) is 1.97. The van der Waals surface area contributed by atoms with E-state index in [-0.39, 0.29) is 23.1 Å². The number of aromatic nitrogens is 1. The average molecular weight is 438 g/mol. The molecule has 2 rings (SSSR count). The molecule has 0 saturated carbocycles. The minimum atomic E-state index is -4.52. The number of alkyl halides is 3. The quantitative estimate of drug-likeness (QED) is 0.689. The van der Waals surface area contributed by atoms with E-state index in [9.17, 15) is 18.0 Å². The Balaban J connectivity index is 2.01. The van der Waals surface area contributed by atoms with Crippen molar-refractivity contribution in [3.63, 3.8) is 0 Å². The Morgan fingerprint density at radius 2 is 2.08 bits per heavy atom. The molecule has 1 amide bonds. The number of para-hydroxylation sites is 1. The van der Waals surface area contributed by atoms with Gasteiger partial charge in [-0.05, 0) is 41.1 Å². The zero-order valence-electron chi connectivity index (χ0n) is 12.9. The predicted octanol–water partition coefficient (Wildman–Crippen LogP) is 4.71. The first-order valence-corrected chi connectivity index (χ1v) is 8.26. The highest BCUT2D eigenvalue weighted by atomic mass is 79.9. The second-order valence-electron chi connectivity index (χ2n) is 5.17. The monoisotopic (exact) mass is 436 g/mol. The topological polar surface area (TPSA) is 51.2 Å². The predicted molar refractivity (Wildman–Crippen MR) is 90.8 cm³/mol. The van der Waals surface area contributed by atoms with Crippen LogP contribution >= 0.6 is 27.5 Å². The van der Waals surface area contributed by atoms with Gasteiger partial charge in [0.2, 0.25) is 0 Å². The van der Waals surface area contributed by atoms with Crippen molar-refractivity contribution in [1.82, 2.24) is 10.3 Å². The zero-order chi connectivity index (χ0) is 18.6. The number of amides is 1. The Kier molecular flexibility index (Phi) is 6.29. The summed E-state index contributed by atoms with van der Waals surface area (Å²) in [5, 5.41) is 2.63. The number of nitrogens with zero attached hydrogens (tertiary/aromatic N) is 1. The molecular weight excluding hydrogens is 425 g/mol. The lowest BCUT2D eigenvalue weighted by atomic mass is 10.2. The fraction of sp³-hybridized carbons (Fsp3) is 0.250. The van der Waals surface area contributed by atoms with Gasteiger partial charge in [0.05, 0.1) is 17.2 Å². The molecule has 0 radical (unpaired) electrons. The summed E-state index contributed by atoms with van der Waals surface area (Å²) >= 11 is 9.06. The summed E-state index contributed by atoms with van der Waals surface area (Å²) in [6.45, 7) is 1.46. The number of benzene rings is 1. The van der Waals surface area contributed by atoms with Crippen molar-refractivity contribution in [3.8, 4) is 5.75 Å². The van der Waals surface area contributed by atoms with Gasteiger partial charge in [-0.2, -0.15) is 13.2 Å². The molecule has 0 unspecified atom stereocenters. The van der Waals surface area contributed by atoms with Crippen molar-refractivity contribution in [1.29, 1.82) is 0 Å². The summed E-state index contributed by atoms with van der Waals surface area (Å²) < 4.78 is 44.5. The van der Waals surface area contributed by atoms with Gasteiger partial charge < -0.3 is 10.1 Å². The van der Waals surface area contributed by atoms with Crippen molar-refractivity contribution >= 4 is 33.4 Å². The minimum Gasteiger partial charge on any atom is -0.491 e. The Labute approximate surface area is 155 Å². The van der Waals surface area contributed by atoms with Crippen molar-refractivity contribution in [3.05, 3.63) is 57.3 Å². The summed E-state index contributed by atoms with van der Waals surface area (Å²) in [6, 6.07) is 5.84. The molecule has 0 saturated heterocycles. The molecule has 1 aromatic carbocycles. The lowest BCUT2D eigenvalue weighted by Crippen LogP contribution is -2.37. The van der Waals surface area contributed by atoms with Gasteiger partial charge in [0, 0.05) is 10.7 Å². The summed E-state index contributed by atoms with van der Waals surface area (Å²) in [5.74, 6) is -0.794. The standard InChI is InChI=1S/C16H13BrClF3N2O2/c1-9(23-15(24)11-6-10(17)7-22-14(11)18)8-25-13-5-3-2-4-12(13)16(19,20)21/h2-7,9H,8H2,1H3,(H,23,24)/t9-/m0/s1. The Bertz CT molecular complexity index is 771. The van der Waals surface area contributed by atoms with E-state index in [2.05, 4.69) is 26.2 Å². The molecule has 0 fully saturated rings. The van der Waals surface area contributed by atoms with Gasteiger partial charge in [0.1, 0.15) is 17.5 Å². The number of hydrogen-bond acceptors (Lipinski definition) is 3. The second kappa shape index (κ2) is 8.05. The highest BCUT2D eigenvalue weighted by molar-refractivity contribution is 9.10. The number of hydrogen-bond donors (Lipinski definition) is 1. The van der Waals surface area contributed by atoms with Gasteiger partial charge in [0.25, 0.3) is 5.91 Å². The Hall–Kier alpha value is -1.80. The largest absolute Gasteiger partial charge is 0.491 e. The highest BCUT2D eigenvalue weighted by Gasteiger charge is 2.34. The van der Waals surface area contributed by atoms with Crippen LogP contribution < -0.4 is 10.1 Å². The minimum absolute atomic E-state index is 0.0243. The first-order valence-electron chi connectivity index (χ1n) is 7.09. The van der Waals surface area contributed by atoms with Crippen molar-refractivity contribution in [2.24, 2.45) is 0 Å². The molecule has 1 N–H and O–H groups in total. The average Bonchev–Trinajstić information content (AvgIpc) is 2.54. The van der Waals surface area contributed by atoms with Gasteiger partial charge in [0.15, 0.2) is 0 Å². The molecule has 0 spiro atoms. The number of nitrogens with one attached hydrogen (secondary N) is 1. The maximum atomic E-state index is 12.9. The van der Waals surface area contributed by atoms with Crippen LogP contribution in [0.5, 0.6) is 5.75 Å². The normalized spacial score (nSPS) is 12.6. The van der Waals surface area contributed by atoms with Crippen LogP contribution in [0.4, 0.5) is 13.2 Å². The smallest absolute Gasteiger partial charge is 0.419 e. The first kappa shape index (κ1) is 19.5. The van der Waals surface area contributed by atoms with E-state index in [0.29, 0.717) is 4.47 Å². The van der Waals surface area contributed by atoms with Gasteiger partial charge in [-0.15, -0.1) is 0 Å². The molecule has 9 heteroatoms. The number of halogens is 5. The molecule has 4 nitrogen and oxygen atoms in total. The molecule has 0 aliphatic rings. The van der Waals surface area contributed by atoms with E-state index in [4.69, 9.17) is 16.3 Å². The molecule has 1 heterocycles. The van der Waals surface area contributed by atoms with Crippen LogP contribution in [0.3, 0.4) is 0 Å². The lowest BCUT2D eigenvalue weighted by Gasteiger charge is -2.18. The summed E-state index contributed by atoms with van der Waals surface area (Å²) in [7, 11) is 0. The molecular formula is C16H13BrClF3N2O2.